The average molecular weight is 295 g/mol. The monoisotopic (exact) mass is 295 g/mol. The molecule has 0 N–H and O–H groups in total. The van der Waals surface area contributed by atoms with E-state index in [1.54, 1.807) is 29.3 Å². The Hall–Kier alpha value is -1.93. The Balaban J connectivity index is 2.19. The van der Waals surface area contributed by atoms with Crippen LogP contribution in [0, 0.1) is 6.92 Å². The van der Waals surface area contributed by atoms with E-state index in [0.717, 1.165) is 18.4 Å². The van der Waals surface area contributed by atoms with Gasteiger partial charge in [0.2, 0.25) is 5.69 Å². The van der Waals surface area contributed by atoms with E-state index in [0.29, 0.717) is 5.82 Å². The Kier molecular flexibility index (Phi) is 4.35. The van der Waals surface area contributed by atoms with Gasteiger partial charge in [-0.1, -0.05) is 4.68 Å². The van der Waals surface area contributed by atoms with Crippen molar-refractivity contribution >= 4 is 10.1 Å². The summed E-state index contributed by atoms with van der Waals surface area (Å²) in [5.74, 6) is 0.461. The lowest BCUT2D eigenvalue weighted by molar-refractivity contribution is -0.755. The van der Waals surface area contributed by atoms with Crippen LogP contribution < -0.4 is 4.68 Å². The first-order valence-electron chi connectivity index (χ1n) is 5.94. The van der Waals surface area contributed by atoms with Crippen LogP contribution >= 0.6 is 0 Å². The number of hydrogen-bond donors (Lipinski definition) is 0. The van der Waals surface area contributed by atoms with E-state index < -0.39 is 10.1 Å². The molecule has 106 valence electrons. The number of nitrogens with zero attached hydrogens (tertiary/aromatic N) is 4. The van der Waals surface area contributed by atoms with Crippen LogP contribution in [0.2, 0.25) is 0 Å². The summed E-state index contributed by atoms with van der Waals surface area (Å²) in [6, 6.07) is 3.60. The van der Waals surface area contributed by atoms with Gasteiger partial charge in [0, 0.05) is 30.9 Å². The molecule has 0 radical (unpaired) electrons. The fourth-order valence-electron chi connectivity index (χ4n) is 1.65. The topological polar surface area (TPSA) is 85.9 Å². The van der Waals surface area contributed by atoms with Crippen molar-refractivity contribution in [3.63, 3.8) is 0 Å². The SMILES string of the molecule is COS(=O)(=O)CC[n+]1ncc(-c2ncccn2)cc1C. The van der Waals surface area contributed by atoms with Gasteiger partial charge in [0.1, 0.15) is 11.9 Å². The molecule has 0 bridgehead atoms. The van der Waals surface area contributed by atoms with Gasteiger partial charge < -0.3 is 0 Å². The van der Waals surface area contributed by atoms with E-state index in [4.69, 9.17) is 0 Å². The molecule has 2 aromatic heterocycles. The van der Waals surface area contributed by atoms with Gasteiger partial charge >= 0.3 is 0 Å². The molecule has 0 aliphatic carbocycles. The molecule has 2 aromatic rings. The van der Waals surface area contributed by atoms with Gasteiger partial charge in [0.05, 0.1) is 7.11 Å². The molecule has 0 saturated carbocycles. The molecular formula is C12H15N4O3S+. The maximum atomic E-state index is 11.3. The predicted octanol–water partition coefficient (Wildman–Crippen LogP) is 0.111. The third-order valence-electron chi connectivity index (χ3n) is 2.74. The number of aryl methyl sites for hydroxylation is 2. The minimum absolute atomic E-state index is 0.122. The van der Waals surface area contributed by atoms with Crippen molar-refractivity contribution in [2.24, 2.45) is 0 Å². The zero-order valence-electron chi connectivity index (χ0n) is 11.2. The first-order valence-corrected chi connectivity index (χ1v) is 7.52. The number of hydrogen-bond acceptors (Lipinski definition) is 6. The Labute approximate surface area is 117 Å². The van der Waals surface area contributed by atoms with Crippen molar-refractivity contribution in [1.29, 1.82) is 0 Å². The maximum absolute atomic E-state index is 11.3. The zero-order valence-corrected chi connectivity index (χ0v) is 12.0. The van der Waals surface area contributed by atoms with Crippen LogP contribution in [0.5, 0.6) is 0 Å². The van der Waals surface area contributed by atoms with Gasteiger partial charge in [-0.3, -0.25) is 4.18 Å². The summed E-state index contributed by atoms with van der Waals surface area (Å²) in [4.78, 5) is 8.28. The molecule has 2 heterocycles. The minimum Gasteiger partial charge on any atom is -0.273 e. The first kappa shape index (κ1) is 14.5. The molecule has 0 aliphatic rings. The summed E-state index contributed by atoms with van der Waals surface area (Å²) >= 11 is 0. The second-order valence-electron chi connectivity index (χ2n) is 4.11. The van der Waals surface area contributed by atoms with Crippen LogP contribution in [-0.2, 0) is 20.8 Å². The zero-order chi connectivity index (χ0) is 14.6. The molecule has 0 aromatic carbocycles. The van der Waals surface area contributed by atoms with Crippen molar-refractivity contribution in [3.8, 4) is 11.4 Å². The molecule has 2 rings (SSSR count). The molecule has 0 unspecified atom stereocenters. The molecule has 8 heteroatoms. The predicted molar refractivity (Wildman–Crippen MR) is 71.0 cm³/mol. The fraction of sp³-hybridized carbons (Fsp3) is 0.333. The van der Waals surface area contributed by atoms with Gasteiger partial charge in [0.15, 0.2) is 12.4 Å². The molecule has 0 atom stereocenters. The normalized spacial score (nSPS) is 11.5. The van der Waals surface area contributed by atoms with E-state index in [1.165, 1.54) is 0 Å². The molecule has 0 amide bonds. The third kappa shape index (κ3) is 3.55. The molecular weight excluding hydrogens is 280 g/mol. The number of aromatic nitrogens is 4. The highest BCUT2D eigenvalue weighted by molar-refractivity contribution is 7.86. The molecule has 7 nitrogen and oxygen atoms in total. The summed E-state index contributed by atoms with van der Waals surface area (Å²) in [6.07, 6.45) is 4.93. The standard InChI is InChI=1S/C12H15N4O3S/c1-10-8-11(12-13-4-3-5-14-12)9-15-16(10)6-7-20(17,18)19-2/h3-5,8-9H,6-7H2,1-2H3/q+1. The van der Waals surface area contributed by atoms with E-state index in [9.17, 15) is 8.42 Å². The van der Waals surface area contributed by atoms with Crippen LogP contribution in [0.15, 0.2) is 30.7 Å². The fourth-order valence-corrected chi connectivity index (χ4v) is 2.21. The van der Waals surface area contributed by atoms with Crippen LogP contribution in [-0.4, -0.2) is 36.3 Å². The Morgan fingerprint density at radius 2 is 2.00 bits per heavy atom. The number of rotatable bonds is 5. The van der Waals surface area contributed by atoms with E-state index in [1.807, 2.05) is 13.0 Å². The van der Waals surface area contributed by atoms with Gasteiger partial charge in [-0.15, -0.1) is 0 Å². The van der Waals surface area contributed by atoms with Crippen LogP contribution in [0.25, 0.3) is 11.4 Å². The molecule has 0 spiro atoms. The summed E-state index contributed by atoms with van der Waals surface area (Å²) in [7, 11) is -2.33. The van der Waals surface area contributed by atoms with Crippen molar-refractivity contribution < 1.29 is 17.3 Å². The first-order chi connectivity index (χ1) is 9.52. The van der Waals surface area contributed by atoms with Crippen molar-refractivity contribution in [2.45, 2.75) is 13.5 Å². The molecule has 20 heavy (non-hydrogen) atoms. The maximum Gasteiger partial charge on any atom is 0.273 e. The van der Waals surface area contributed by atoms with Gasteiger partial charge in [-0.2, -0.15) is 8.42 Å². The van der Waals surface area contributed by atoms with Crippen LogP contribution in [0.4, 0.5) is 0 Å². The second-order valence-corrected chi connectivity index (χ2v) is 5.97. The van der Waals surface area contributed by atoms with Crippen molar-refractivity contribution in [3.05, 3.63) is 36.4 Å². The average Bonchev–Trinajstić information content (AvgIpc) is 2.47. The Bertz CT molecular complexity index is 689. The van der Waals surface area contributed by atoms with Crippen molar-refractivity contribution in [1.82, 2.24) is 15.1 Å². The van der Waals surface area contributed by atoms with Gasteiger partial charge in [-0.25, -0.2) is 9.97 Å². The highest BCUT2D eigenvalue weighted by Gasteiger charge is 2.17. The lowest BCUT2D eigenvalue weighted by atomic mass is 10.2. The minimum atomic E-state index is -3.48. The smallest absolute Gasteiger partial charge is 0.273 e. The summed E-state index contributed by atoms with van der Waals surface area (Å²) < 4.78 is 28.6. The molecule has 0 saturated heterocycles. The quantitative estimate of drug-likeness (QED) is 0.575. The lowest BCUT2D eigenvalue weighted by Gasteiger charge is -2.01. The summed E-state index contributed by atoms with van der Waals surface area (Å²) in [5, 5.41) is 4.21. The lowest BCUT2D eigenvalue weighted by Crippen LogP contribution is -2.43. The van der Waals surface area contributed by atoms with Crippen molar-refractivity contribution in [2.75, 3.05) is 12.9 Å². The molecule has 0 aliphatic heterocycles. The van der Waals surface area contributed by atoms with E-state index in [-0.39, 0.29) is 12.3 Å². The van der Waals surface area contributed by atoms with Gasteiger partial charge in [-0.05, 0) is 11.2 Å². The summed E-state index contributed by atoms with van der Waals surface area (Å²) in [5.41, 5.74) is 1.61. The third-order valence-corrected chi connectivity index (χ3v) is 3.93. The highest BCUT2D eigenvalue weighted by Crippen LogP contribution is 2.11. The van der Waals surface area contributed by atoms with Gasteiger partial charge in [0.25, 0.3) is 10.1 Å². The molecule has 0 fully saturated rings. The Morgan fingerprint density at radius 1 is 1.30 bits per heavy atom. The second kappa shape index (κ2) is 6.02. The summed E-state index contributed by atoms with van der Waals surface area (Å²) in [6.45, 7) is 2.08. The van der Waals surface area contributed by atoms with E-state index in [2.05, 4.69) is 19.2 Å². The Morgan fingerprint density at radius 3 is 2.60 bits per heavy atom. The highest BCUT2D eigenvalue weighted by atomic mass is 32.2. The van der Waals surface area contributed by atoms with Crippen LogP contribution in [0.1, 0.15) is 5.69 Å². The van der Waals surface area contributed by atoms with Crippen LogP contribution in [0.3, 0.4) is 0 Å². The largest absolute Gasteiger partial charge is 0.273 e. The van der Waals surface area contributed by atoms with E-state index >= 15 is 0 Å².